The minimum absolute atomic E-state index is 0. The summed E-state index contributed by atoms with van der Waals surface area (Å²) in [5.74, 6) is 2.22. The van der Waals surface area contributed by atoms with Crippen LogP contribution >= 0.6 is 35.6 Å². The van der Waals surface area contributed by atoms with Crippen molar-refractivity contribution < 1.29 is 17.7 Å². The Balaban J connectivity index is 0.00000341. The van der Waals surface area contributed by atoms with Crippen molar-refractivity contribution in [2.24, 2.45) is 4.99 Å². The summed E-state index contributed by atoms with van der Waals surface area (Å²) in [7, 11) is 1.68. The number of halogens is 5. The molecule has 0 saturated carbocycles. The number of nitrogens with one attached hydrogen (secondary N) is 2. The highest BCUT2D eigenvalue weighted by Crippen LogP contribution is 2.34. The molecule has 0 bridgehead atoms. The highest BCUT2D eigenvalue weighted by atomic mass is 127. The summed E-state index contributed by atoms with van der Waals surface area (Å²) in [4.78, 5) is 14.2. The third-order valence-electron chi connectivity index (χ3n) is 4.63. The third-order valence-corrected chi connectivity index (χ3v) is 4.91. The number of alkyl halides is 3. The predicted octanol–water partition coefficient (Wildman–Crippen LogP) is 3.44. The molecule has 2 N–H and O–H groups in total. The molecule has 172 valence electrons. The predicted molar refractivity (Wildman–Crippen MR) is 122 cm³/mol. The van der Waals surface area contributed by atoms with E-state index in [1.807, 2.05) is 4.90 Å². The molecule has 0 radical (unpaired) electrons. The van der Waals surface area contributed by atoms with Crippen molar-refractivity contribution >= 4 is 47.4 Å². The minimum atomic E-state index is -4.47. The van der Waals surface area contributed by atoms with Crippen LogP contribution in [0.5, 0.6) is 0 Å². The molecule has 31 heavy (non-hydrogen) atoms. The molecule has 0 aliphatic carbocycles. The summed E-state index contributed by atoms with van der Waals surface area (Å²) in [5.41, 5.74) is -0.856. The molecule has 0 amide bonds. The van der Waals surface area contributed by atoms with E-state index in [-0.39, 0.29) is 35.0 Å². The zero-order valence-corrected chi connectivity index (χ0v) is 20.1. The number of anilines is 1. The second kappa shape index (κ2) is 11.2. The smallest absolute Gasteiger partial charge is 0.356 e. The second-order valence-corrected chi connectivity index (χ2v) is 7.35. The van der Waals surface area contributed by atoms with Crippen molar-refractivity contribution in [1.29, 1.82) is 0 Å². The number of hydrogen-bond acceptors (Lipinski definition) is 6. The minimum Gasteiger partial charge on any atom is -0.356 e. The number of aliphatic imine (C=N–C) groups is 1. The molecule has 1 unspecified atom stereocenters. The molecule has 13 heteroatoms. The van der Waals surface area contributed by atoms with Crippen molar-refractivity contribution in [3.63, 3.8) is 0 Å². The van der Waals surface area contributed by atoms with E-state index in [1.54, 1.807) is 14.0 Å². The van der Waals surface area contributed by atoms with Crippen LogP contribution < -0.4 is 15.5 Å². The van der Waals surface area contributed by atoms with Crippen LogP contribution in [0.25, 0.3) is 0 Å². The Morgan fingerprint density at radius 2 is 2.19 bits per heavy atom. The first-order chi connectivity index (χ1) is 14.3. The highest BCUT2D eigenvalue weighted by molar-refractivity contribution is 14.0. The van der Waals surface area contributed by atoms with Gasteiger partial charge in [-0.25, -0.2) is 4.98 Å². The van der Waals surface area contributed by atoms with Crippen molar-refractivity contribution in [3.8, 4) is 0 Å². The van der Waals surface area contributed by atoms with Crippen molar-refractivity contribution in [1.82, 2.24) is 25.8 Å². The van der Waals surface area contributed by atoms with Gasteiger partial charge < -0.3 is 20.1 Å². The van der Waals surface area contributed by atoms with Gasteiger partial charge in [-0.15, -0.1) is 24.0 Å². The lowest BCUT2D eigenvalue weighted by molar-refractivity contribution is -0.137. The molecule has 0 aromatic carbocycles. The first-order valence-electron chi connectivity index (χ1n) is 9.50. The lowest BCUT2D eigenvalue weighted by atomic mass is 10.2. The average Bonchev–Trinajstić information content (AvgIpc) is 3.32. The SMILES string of the molecule is CN=C(NCCCc1nc(C)no1)NC1CCN(c2ncc(C(F)(F)F)cc2Cl)C1.I. The van der Waals surface area contributed by atoms with Crippen LogP contribution in [0, 0.1) is 6.92 Å². The lowest BCUT2D eigenvalue weighted by Crippen LogP contribution is -2.45. The lowest BCUT2D eigenvalue weighted by Gasteiger charge is -2.21. The Bertz CT molecular complexity index is 893. The maximum Gasteiger partial charge on any atom is 0.417 e. The van der Waals surface area contributed by atoms with Crippen molar-refractivity contribution in [2.45, 2.75) is 38.4 Å². The van der Waals surface area contributed by atoms with Crippen LogP contribution in [-0.2, 0) is 12.6 Å². The summed E-state index contributed by atoms with van der Waals surface area (Å²) >= 11 is 6.05. The van der Waals surface area contributed by atoms with Gasteiger partial charge in [0, 0.05) is 45.3 Å². The van der Waals surface area contributed by atoms with E-state index in [0.29, 0.717) is 49.5 Å². The Labute approximate surface area is 200 Å². The molecule has 1 atom stereocenters. The largest absolute Gasteiger partial charge is 0.417 e. The van der Waals surface area contributed by atoms with Crippen LogP contribution in [-0.4, -0.2) is 53.8 Å². The topological polar surface area (TPSA) is 91.5 Å². The fourth-order valence-corrected chi connectivity index (χ4v) is 3.45. The quantitative estimate of drug-likeness (QED) is 0.237. The van der Waals surface area contributed by atoms with E-state index in [4.69, 9.17) is 16.1 Å². The van der Waals surface area contributed by atoms with Gasteiger partial charge in [-0.2, -0.15) is 18.2 Å². The van der Waals surface area contributed by atoms with E-state index in [1.165, 1.54) is 0 Å². The highest BCUT2D eigenvalue weighted by Gasteiger charge is 2.33. The monoisotopic (exact) mass is 573 g/mol. The van der Waals surface area contributed by atoms with E-state index in [0.717, 1.165) is 25.1 Å². The summed E-state index contributed by atoms with van der Waals surface area (Å²) < 4.78 is 43.5. The summed E-state index contributed by atoms with van der Waals surface area (Å²) in [6, 6.07) is 0.977. The molecule has 2 aromatic rings. The van der Waals surface area contributed by atoms with Crippen LogP contribution in [0.3, 0.4) is 0 Å². The molecule has 3 rings (SSSR count). The van der Waals surface area contributed by atoms with Crippen LogP contribution in [0.2, 0.25) is 5.02 Å². The van der Waals surface area contributed by atoms with E-state index >= 15 is 0 Å². The number of guanidine groups is 1. The Morgan fingerprint density at radius 1 is 1.42 bits per heavy atom. The van der Waals surface area contributed by atoms with E-state index < -0.39 is 11.7 Å². The van der Waals surface area contributed by atoms with Crippen LogP contribution in [0.15, 0.2) is 21.8 Å². The molecule has 1 aliphatic heterocycles. The van der Waals surface area contributed by atoms with Crippen LogP contribution in [0.4, 0.5) is 19.0 Å². The fraction of sp³-hybridized carbons (Fsp3) is 0.556. The maximum atomic E-state index is 12.8. The molecular formula is C18H24ClF3IN7O. The molecule has 8 nitrogen and oxygen atoms in total. The van der Waals surface area contributed by atoms with Gasteiger partial charge in [0.25, 0.3) is 0 Å². The number of nitrogens with zero attached hydrogens (tertiary/aromatic N) is 5. The normalized spacial score (nSPS) is 16.9. The van der Waals surface area contributed by atoms with Crippen molar-refractivity contribution in [2.75, 3.05) is 31.6 Å². The van der Waals surface area contributed by atoms with Gasteiger partial charge in [-0.3, -0.25) is 4.99 Å². The number of aryl methyl sites for hydroxylation is 2. The van der Waals surface area contributed by atoms with Gasteiger partial charge in [0.15, 0.2) is 11.8 Å². The Hall–Kier alpha value is -1.83. The molecular weight excluding hydrogens is 550 g/mol. The molecule has 0 spiro atoms. The number of pyridine rings is 1. The fourth-order valence-electron chi connectivity index (χ4n) is 3.16. The maximum absolute atomic E-state index is 12.8. The van der Waals surface area contributed by atoms with Crippen LogP contribution in [0.1, 0.15) is 30.1 Å². The summed E-state index contributed by atoms with van der Waals surface area (Å²) in [5, 5.41) is 10.3. The molecule has 1 saturated heterocycles. The van der Waals surface area contributed by atoms with E-state index in [9.17, 15) is 13.2 Å². The molecule has 2 aromatic heterocycles. The number of hydrogen-bond donors (Lipinski definition) is 2. The number of rotatable bonds is 6. The van der Waals surface area contributed by atoms with Gasteiger partial charge in [0.1, 0.15) is 5.82 Å². The van der Waals surface area contributed by atoms with Gasteiger partial charge in [-0.1, -0.05) is 16.8 Å². The van der Waals surface area contributed by atoms with E-state index in [2.05, 4.69) is 30.8 Å². The van der Waals surface area contributed by atoms with Gasteiger partial charge >= 0.3 is 6.18 Å². The summed E-state index contributed by atoms with van der Waals surface area (Å²) in [6.07, 6.45) is -1.41. The second-order valence-electron chi connectivity index (χ2n) is 6.94. The number of aromatic nitrogens is 3. The molecule has 1 fully saturated rings. The van der Waals surface area contributed by atoms with Crippen molar-refractivity contribution in [3.05, 3.63) is 34.6 Å². The Kier molecular flexibility index (Phi) is 9.15. The molecule has 1 aliphatic rings. The first-order valence-corrected chi connectivity index (χ1v) is 9.88. The average molecular weight is 574 g/mol. The third kappa shape index (κ3) is 7.09. The zero-order chi connectivity index (χ0) is 21.7. The molecule has 3 heterocycles. The van der Waals surface area contributed by atoms with Gasteiger partial charge in [0.2, 0.25) is 5.89 Å². The zero-order valence-electron chi connectivity index (χ0n) is 17.0. The standard InChI is InChI=1S/C18H23ClF3N7O.HI/c1-11-26-15(30-28-11)4-3-6-24-17(23-2)27-13-5-7-29(10-13)16-14(19)8-12(9-25-16)18(20,21)22;/h8-9,13H,3-7,10H2,1-2H3,(H2,23,24,27);1H. The Morgan fingerprint density at radius 3 is 2.81 bits per heavy atom. The summed E-state index contributed by atoms with van der Waals surface area (Å²) in [6.45, 7) is 3.63. The first kappa shape index (κ1) is 25.4. The van der Waals surface area contributed by atoms with Gasteiger partial charge in [0.05, 0.1) is 10.6 Å². The van der Waals surface area contributed by atoms with Gasteiger partial charge in [-0.05, 0) is 25.8 Å².